The molecule has 2 aromatic rings. The van der Waals surface area contributed by atoms with Crippen molar-refractivity contribution in [3.05, 3.63) is 60.3 Å². The number of pyridine rings is 1. The molecule has 0 N–H and O–H groups in total. The number of aryl methyl sites for hydroxylation is 1. The molecule has 1 aromatic carbocycles. The van der Waals surface area contributed by atoms with Crippen molar-refractivity contribution in [1.29, 1.82) is 0 Å². The minimum Gasteiger partial charge on any atom is -0.465 e. The number of carbonyl (C=O) groups excluding carboxylic acids is 1. The molecule has 0 saturated heterocycles. The lowest BCUT2D eigenvalue weighted by molar-refractivity contribution is -0.708. The van der Waals surface area contributed by atoms with Crippen LogP contribution in [0.4, 0.5) is 0 Å². The van der Waals surface area contributed by atoms with Gasteiger partial charge in [-0.15, -0.1) is 0 Å². The fraction of sp³-hybridized carbons (Fsp3) is 0.250. The lowest BCUT2D eigenvalue weighted by Crippen LogP contribution is -2.30. The van der Waals surface area contributed by atoms with Gasteiger partial charge in [-0.3, -0.25) is 4.79 Å². The summed E-state index contributed by atoms with van der Waals surface area (Å²) in [6.07, 6.45) is 1.97. The number of thioether (sulfide) groups is 1. The number of benzene rings is 1. The van der Waals surface area contributed by atoms with E-state index in [0.717, 1.165) is 10.6 Å². The Balaban J connectivity index is 2.28. The Morgan fingerprint density at radius 2 is 1.90 bits per heavy atom. The number of rotatable bonds is 5. The van der Waals surface area contributed by atoms with Gasteiger partial charge in [-0.2, -0.15) is 4.57 Å². The minimum absolute atomic E-state index is 0.201. The summed E-state index contributed by atoms with van der Waals surface area (Å²) < 4.78 is 7.20. The summed E-state index contributed by atoms with van der Waals surface area (Å²) in [7, 11) is 1.97. The zero-order valence-corrected chi connectivity index (χ0v) is 12.5. The summed E-state index contributed by atoms with van der Waals surface area (Å²) in [6, 6.07) is 15.7. The van der Waals surface area contributed by atoms with E-state index >= 15 is 0 Å². The Kier molecular flexibility index (Phi) is 5.18. The Labute approximate surface area is 123 Å². The van der Waals surface area contributed by atoms with Crippen LogP contribution < -0.4 is 4.57 Å². The van der Waals surface area contributed by atoms with Gasteiger partial charge in [0, 0.05) is 12.1 Å². The van der Waals surface area contributed by atoms with Gasteiger partial charge in [0.1, 0.15) is 12.3 Å². The van der Waals surface area contributed by atoms with Gasteiger partial charge in [0.2, 0.25) is 5.03 Å². The Bertz CT molecular complexity index is 572. The van der Waals surface area contributed by atoms with Gasteiger partial charge in [0.15, 0.2) is 6.20 Å². The topological polar surface area (TPSA) is 30.2 Å². The molecule has 0 aliphatic carbocycles. The number of hydrogen-bond acceptors (Lipinski definition) is 3. The predicted octanol–water partition coefficient (Wildman–Crippen LogP) is 2.91. The third-order valence-electron chi connectivity index (χ3n) is 2.85. The van der Waals surface area contributed by atoms with E-state index in [4.69, 9.17) is 4.74 Å². The molecule has 1 unspecified atom stereocenters. The second kappa shape index (κ2) is 7.10. The molecule has 0 aliphatic heterocycles. The monoisotopic (exact) mass is 288 g/mol. The molecule has 1 heterocycles. The quantitative estimate of drug-likeness (QED) is 0.481. The van der Waals surface area contributed by atoms with E-state index in [9.17, 15) is 4.79 Å². The first-order valence-corrected chi connectivity index (χ1v) is 7.43. The average molecular weight is 288 g/mol. The molecule has 20 heavy (non-hydrogen) atoms. The van der Waals surface area contributed by atoms with Crippen molar-refractivity contribution in [3.8, 4) is 0 Å². The first kappa shape index (κ1) is 14.6. The summed E-state index contributed by atoms with van der Waals surface area (Å²) in [6.45, 7) is 2.22. The molecule has 2 rings (SSSR count). The van der Waals surface area contributed by atoms with E-state index in [0.29, 0.717) is 6.61 Å². The SMILES string of the molecule is CCOC(=O)C(Sc1cccc[n+]1C)c1ccccc1. The predicted molar refractivity (Wildman–Crippen MR) is 79.3 cm³/mol. The van der Waals surface area contributed by atoms with E-state index in [1.807, 2.05) is 73.3 Å². The van der Waals surface area contributed by atoms with Crippen LogP contribution in [-0.2, 0) is 16.6 Å². The molecule has 0 bridgehead atoms. The summed E-state index contributed by atoms with van der Waals surface area (Å²) in [5.41, 5.74) is 0.958. The Hall–Kier alpha value is -1.81. The molecule has 1 atom stereocenters. The Morgan fingerprint density at radius 1 is 1.20 bits per heavy atom. The van der Waals surface area contributed by atoms with Gasteiger partial charge >= 0.3 is 5.97 Å². The van der Waals surface area contributed by atoms with Crippen LogP contribution in [0.5, 0.6) is 0 Å². The molecule has 4 heteroatoms. The van der Waals surface area contributed by atoms with Crippen LogP contribution in [-0.4, -0.2) is 12.6 Å². The molecule has 104 valence electrons. The number of ether oxygens (including phenoxy) is 1. The van der Waals surface area contributed by atoms with Crippen LogP contribution in [0.15, 0.2) is 59.8 Å². The van der Waals surface area contributed by atoms with E-state index < -0.39 is 0 Å². The van der Waals surface area contributed by atoms with Gasteiger partial charge < -0.3 is 4.74 Å². The summed E-state index contributed by atoms with van der Waals surface area (Å²) >= 11 is 1.50. The summed E-state index contributed by atoms with van der Waals surface area (Å²) in [5.74, 6) is -0.201. The number of esters is 1. The van der Waals surface area contributed by atoms with Crippen LogP contribution in [0.3, 0.4) is 0 Å². The van der Waals surface area contributed by atoms with Crippen LogP contribution in [0.1, 0.15) is 17.7 Å². The zero-order valence-electron chi connectivity index (χ0n) is 11.7. The Morgan fingerprint density at radius 3 is 2.55 bits per heavy atom. The van der Waals surface area contributed by atoms with Gasteiger partial charge in [-0.05, 0) is 30.3 Å². The maximum atomic E-state index is 12.2. The van der Waals surface area contributed by atoms with Crippen LogP contribution in [0, 0.1) is 0 Å². The van der Waals surface area contributed by atoms with Gasteiger partial charge in [-0.25, -0.2) is 0 Å². The summed E-state index contributed by atoms with van der Waals surface area (Å²) in [4.78, 5) is 12.2. The van der Waals surface area contributed by atoms with Crippen molar-refractivity contribution >= 4 is 17.7 Å². The van der Waals surface area contributed by atoms with E-state index in [1.54, 1.807) is 0 Å². The highest BCUT2D eigenvalue weighted by Crippen LogP contribution is 2.34. The van der Waals surface area contributed by atoms with Crippen LogP contribution in [0.25, 0.3) is 0 Å². The zero-order chi connectivity index (χ0) is 14.4. The van der Waals surface area contributed by atoms with E-state index in [1.165, 1.54) is 11.8 Å². The molecule has 0 amide bonds. The third-order valence-corrected chi connectivity index (χ3v) is 4.21. The minimum atomic E-state index is -0.343. The fourth-order valence-corrected chi connectivity index (χ4v) is 2.93. The van der Waals surface area contributed by atoms with Crippen LogP contribution in [0.2, 0.25) is 0 Å². The molecule has 0 fully saturated rings. The third kappa shape index (κ3) is 3.61. The maximum Gasteiger partial charge on any atom is 0.324 e. The van der Waals surface area contributed by atoms with Crippen molar-refractivity contribution < 1.29 is 14.1 Å². The second-order valence-corrected chi connectivity index (χ2v) is 5.44. The molecule has 3 nitrogen and oxygen atoms in total. The second-order valence-electron chi connectivity index (χ2n) is 4.31. The standard InChI is InChI=1S/C16H18NO2S/c1-3-19-16(18)15(13-9-5-4-6-10-13)20-14-11-7-8-12-17(14)2/h4-12,15H,3H2,1-2H3/q+1. The molecular formula is C16H18NO2S+. The first-order valence-electron chi connectivity index (χ1n) is 6.55. The van der Waals surface area contributed by atoms with E-state index in [-0.39, 0.29) is 11.2 Å². The van der Waals surface area contributed by atoms with Crippen molar-refractivity contribution in [2.45, 2.75) is 17.2 Å². The largest absolute Gasteiger partial charge is 0.465 e. The number of carbonyl (C=O) groups is 1. The van der Waals surface area contributed by atoms with Crippen LogP contribution >= 0.6 is 11.8 Å². The highest BCUT2D eigenvalue weighted by atomic mass is 32.2. The van der Waals surface area contributed by atoms with Crippen molar-refractivity contribution in [1.82, 2.24) is 0 Å². The van der Waals surface area contributed by atoms with Crippen molar-refractivity contribution in [2.24, 2.45) is 7.05 Å². The molecule has 0 saturated carbocycles. The molecule has 1 aromatic heterocycles. The normalized spacial score (nSPS) is 11.9. The summed E-state index contributed by atoms with van der Waals surface area (Å²) in [5, 5.41) is 0.680. The van der Waals surface area contributed by atoms with Crippen molar-refractivity contribution in [3.63, 3.8) is 0 Å². The highest BCUT2D eigenvalue weighted by molar-refractivity contribution is 8.00. The lowest BCUT2D eigenvalue weighted by Gasteiger charge is -2.14. The fourth-order valence-electron chi connectivity index (χ4n) is 1.85. The van der Waals surface area contributed by atoms with E-state index in [2.05, 4.69) is 0 Å². The molecular weight excluding hydrogens is 270 g/mol. The number of aromatic nitrogens is 1. The number of hydrogen-bond donors (Lipinski definition) is 0. The van der Waals surface area contributed by atoms with Gasteiger partial charge in [-0.1, -0.05) is 30.3 Å². The maximum absolute atomic E-state index is 12.2. The number of nitrogens with zero attached hydrogens (tertiary/aromatic N) is 1. The molecule has 0 aliphatic rings. The molecule has 0 spiro atoms. The van der Waals surface area contributed by atoms with Gasteiger partial charge in [0.25, 0.3) is 0 Å². The van der Waals surface area contributed by atoms with Gasteiger partial charge in [0.05, 0.1) is 6.61 Å². The first-order chi connectivity index (χ1) is 9.72. The highest BCUT2D eigenvalue weighted by Gasteiger charge is 2.26. The average Bonchev–Trinajstić information content (AvgIpc) is 2.47. The molecule has 0 radical (unpaired) electrons. The van der Waals surface area contributed by atoms with Crippen molar-refractivity contribution in [2.75, 3.05) is 6.61 Å². The lowest BCUT2D eigenvalue weighted by atomic mass is 10.1. The smallest absolute Gasteiger partial charge is 0.324 e.